The quantitative estimate of drug-likeness (QED) is 0.589. The van der Waals surface area contributed by atoms with Crippen LogP contribution >= 0.6 is 11.3 Å². The molecule has 3 aromatic rings. The van der Waals surface area contributed by atoms with E-state index in [0.29, 0.717) is 16.6 Å². The number of nitrogens with one attached hydrogen (secondary N) is 1. The third-order valence-electron chi connectivity index (χ3n) is 3.80. The monoisotopic (exact) mass is 418 g/mol. The minimum atomic E-state index is -0.688. The van der Waals surface area contributed by atoms with Crippen molar-refractivity contribution in [2.24, 2.45) is 5.92 Å². The lowest BCUT2D eigenvalue weighted by molar-refractivity contribution is -0.143. The Bertz CT molecular complexity index is 1090. The number of benzene rings is 1. The van der Waals surface area contributed by atoms with Crippen LogP contribution in [-0.2, 0) is 22.6 Å². The summed E-state index contributed by atoms with van der Waals surface area (Å²) in [5.41, 5.74) is 0.173. The summed E-state index contributed by atoms with van der Waals surface area (Å²) in [5.74, 6) is -1.27. The standard InChI is InChI=1S/C19H19FN4O4S/c1-11(2)7-15-23-24-16(25)8-14(22-19(24)29-15)10-28-17(26)9-21-18(27)12-3-5-13(20)6-4-12/h3-6,8,11H,7,9-10H2,1-2H3,(H,21,27). The molecule has 8 nitrogen and oxygen atoms in total. The van der Waals surface area contributed by atoms with Crippen LogP contribution in [0.5, 0.6) is 0 Å². The van der Waals surface area contributed by atoms with Gasteiger partial charge in [0.15, 0.2) is 0 Å². The maximum atomic E-state index is 12.9. The highest BCUT2D eigenvalue weighted by molar-refractivity contribution is 7.16. The largest absolute Gasteiger partial charge is 0.458 e. The second kappa shape index (κ2) is 8.91. The maximum absolute atomic E-state index is 12.9. The molecule has 0 spiro atoms. The summed E-state index contributed by atoms with van der Waals surface area (Å²) in [6.45, 7) is 3.55. The molecule has 3 rings (SSSR count). The smallest absolute Gasteiger partial charge is 0.325 e. The molecule has 0 saturated carbocycles. The van der Waals surface area contributed by atoms with E-state index in [9.17, 15) is 18.8 Å². The molecule has 2 aromatic heterocycles. The molecule has 1 amide bonds. The summed E-state index contributed by atoms with van der Waals surface area (Å²) in [6.07, 6.45) is 0.742. The van der Waals surface area contributed by atoms with E-state index in [1.807, 2.05) is 0 Å². The van der Waals surface area contributed by atoms with Crippen molar-refractivity contribution in [3.05, 3.63) is 62.8 Å². The van der Waals surface area contributed by atoms with Gasteiger partial charge in [0.05, 0.1) is 5.69 Å². The van der Waals surface area contributed by atoms with Gasteiger partial charge in [-0.25, -0.2) is 9.37 Å². The first-order valence-corrected chi connectivity index (χ1v) is 9.71. The molecule has 0 aliphatic rings. The first-order valence-electron chi connectivity index (χ1n) is 8.90. The third kappa shape index (κ3) is 5.44. The molecule has 152 valence electrons. The molecule has 0 fully saturated rings. The number of amides is 1. The van der Waals surface area contributed by atoms with Crippen molar-refractivity contribution >= 4 is 28.2 Å². The predicted octanol–water partition coefficient (Wildman–Crippen LogP) is 1.96. The van der Waals surface area contributed by atoms with E-state index < -0.39 is 17.7 Å². The zero-order valence-electron chi connectivity index (χ0n) is 15.8. The summed E-state index contributed by atoms with van der Waals surface area (Å²) < 4.78 is 19.2. The number of hydrogen-bond donors (Lipinski definition) is 1. The second-order valence-corrected chi connectivity index (χ2v) is 7.76. The van der Waals surface area contributed by atoms with Gasteiger partial charge in [-0.1, -0.05) is 25.2 Å². The Morgan fingerprint density at radius 3 is 2.69 bits per heavy atom. The van der Waals surface area contributed by atoms with Crippen LogP contribution in [0, 0.1) is 11.7 Å². The lowest BCUT2D eigenvalue weighted by Crippen LogP contribution is -2.30. The van der Waals surface area contributed by atoms with Crippen molar-refractivity contribution in [2.75, 3.05) is 6.54 Å². The van der Waals surface area contributed by atoms with E-state index in [1.165, 1.54) is 34.1 Å². The molecule has 0 atom stereocenters. The van der Waals surface area contributed by atoms with Gasteiger partial charge in [-0.2, -0.15) is 9.61 Å². The van der Waals surface area contributed by atoms with Crippen molar-refractivity contribution < 1.29 is 18.7 Å². The van der Waals surface area contributed by atoms with Crippen molar-refractivity contribution in [3.8, 4) is 0 Å². The van der Waals surface area contributed by atoms with E-state index >= 15 is 0 Å². The highest BCUT2D eigenvalue weighted by atomic mass is 32.1. The predicted molar refractivity (Wildman–Crippen MR) is 104 cm³/mol. The van der Waals surface area contributed by atoms with Crippen LogP contribution in [0.25, 0.3) is 4.96 Å². The number of carbonyl (C=O) groups is 2. The average molecular weight is 418 g/mol. The maximum Gasteiger partial charge on any atom is 0.325 e. The number of hydrogen-bond acceptors (Lipinski definition) is 7. The number of fused-ring (bicyclic) bond motifs is 1. The summed E-state index contributed by atoms with van der Waals surface area (Å²) in [4.78, 5) is 40.7. The molecule has 0 saturated heterocycles. The van der Waals surface area contributed by atoms with Crippen molar-refractivity contribution in [1.82, 2.24) is 19.9 Å². The fourth-order valence-corrected chi connectivity index (χ4v) is 3.59. The average Bonchev–Trinajstić information content (AvgIpc) is 3.07. The summed E-state index contributed by atoms with van der Waals surface area (Å²) >= 11 is 1.32. The highest BCUT2D eigenvalue weighted by Gasteiger charge is 2.13. The lowest BCUT2D eigenvalue weighted by atomic mass is 10.1. The number of carbonyl (C=O) groups excluding carboxylic acids is 2. The summed E-state index contributed by atoms with van der Waals surface area (Å²) in [7, 11) is 0. The van der Waals surface area contributed by atoms with Crippen LogP contribution in [0.1, 0.15) is 34.9 Å². The van der Waals surface area contributed by atoms with Gasteiger partial charge in [0.1, 0.15) is 24.0 Å². The van der Waals surface area contributed by atoms with Gasteiger partial charge in [0, 0.05) is 18.1 Å². The number of nitrogens with zero attached hydrogens (tertiary/aromatic N) is 3. The molecule has 0 bridgehead atoms. The number of aromatic nitrogens is 3. The highest BCUT2D eigenvalue weighted by Crippen LogP contribution is 2.15. The third-order valence-corrected chi connectivity index (χ3v) is 4.73. The second-order valence-electron chi connectivity index (χ2n) is 6.72. The summed E-state index contributed by atoms with van der Waals surface area (Å²) in [5, 5.41) is 7.45. The molecule has 0 aliphatic carbocycles. The Hall–Kier alpha value is -3.14. The van der Waals surface area contributed by atoms with Crippen molar-refractivity contribution in [1.29, 1.82) is 0 Å². The zero-order valence-corrected chi connectivity index (χ0v) is 16.7. The zero-order chi connectivity index (χ0) is 21.0. The van der Waals surface area contributed by atoms with Gasteiger partial charge < -0.3 is 10.1 Å². The van der Waals surface area contributed by atoms with Crippen LogP contribution in [0.15, 0.2) is 35.1 Å². The fourth-order valence-electron chi connectivity index (χ4n) is 2.46. The molecule has 2 heterocycles. The molecule has 1 aromatic carbocycles. The van der Waals surface area contributed by atoms with E-state index in [2.05, 4.69) is 29.2 Å². The van der Waals surface area contributed by atoms with Crippen molar-refractivity contribution in [3.63, 3.8) is 0 Å². The first kappa shape index (κ1) is 20.6. The van der Waals surface area contributed by atoms with Gasteiger partial charge in [0.2, 0.25) is 4.96 Å². The van der Waals surface area contributed by atoms with Crippen LogP contribution < -0.4 is 10.9 Å². The van der Waals surface area contributed by atoms with E-state index in [0.717, 1.165) is 23.6 Å². The minimum Gasteiger partial charge on any atom is -0.458 e. The molecule has 10 heteroatoms. The summed E-state index contributed by atoms with van der Waals surface area (Å²) in [6, 6.07) is 6.19. The van der Waals surface area contributed by atoms with E-state index in [4.69, 9.17) is 4.74 Å². The van der Waals surface area contributed by atoms with Gasteiger partial charge in [-0.05, 0) is 30.2 Å². The topological polar surface area (TPSA) is 103 Å². The Balaban J connectivity index is 1.56. The number of ether oxygens (including phenoxy) is 1. The molecule has 0 radical (unpaired) electrons. The van der Waals surface area contributed by atoms with Crippen LogP contribution in [-0.4, -0.2) is 33.0 Å². The first-order chi connectivity index (χ1) is 13.8. The molecular formula is C19H19FN4O4S. The molecule has 0 unspecified atom stereocenters. The normalized spacial score (nSPS) is 11.0. The van der Waals surface area contributed by atoms with Crippen LogP contribution in [0.3, 0.4) is 0 Å². The van der Waals surface area contributed by atoms with E-state index in [-0.39, 0.29) is 24.3 Å². The Kier molecular flexibility index (Phi) is 6.32. The minimum absolute atomic E-state index is 0.200. The van der Waals surface area contributed by atoms with Gasteiger partial charge >= 0.3 is 5.97 Å². The van der Waals surface area contributed by atoms with Gasteiger partial charge in [-0.15, -0.1) is 0 Å². The fraction of sp³-hybridized carbons (Fsp3) is 0.316. The molecule has 0 aliphatic heterocycles. The molecule has 29 heavy (non-hydrogen) atoms. The number of rotatable bonds is 7. The van der Waals surface area contributed by atoms with Gasteiger partial charge in [-0.3, -0.25) is 14.4 Å². The molecule has 1 N–H and O–H groups in total. The lowest BCUT2D eigenvalue weighted by Gasteiger charge is -2.06. The Morgan fingerprint density at radius 1 is 1.28 bits per heavy atom. The van der Waals surface area contributed by atoms with Crippen LogP contribution in [0.4, 0.5) is 4.39 Å². The van der Waals surface area contributed by atoms with Gasteiger partial charge in [0.25, 0.3) is 11.5 Å². The van der Waals surface area contributed by atoms with E-state index in [1.54, 1.807) is 0 Å². The van der Waals surface area contributed by atoms with Crippen LogP contribution in [0.2, 0.25) is 0 Å². The SMILES string of the molecule is CC(C)Cc1nn2c(=O)cc(COC(=O)CNC(=O)c3ccc(F)cc3)nc2s1. The van der Waals surface area contributed by atoms with Crippen molar-refractivity contribution in [2.45, 2.75) is 26.9 Å². The number of halogens is 1. The Labute approximate surface area is 169 Å². The Morgan fingerprint density at radius 2 is 2.00 bits per heavy atom. The number of esters is 1. The molecular weight excluding hydrogens is 399 g/mol.